The third kappa shape index (κ3) is 5.52. The lowest BCUT2D eigenvalue weighted by Gasteiger charge is -2.34. The average molecular weight is 444 g/mol. The molecule has 1 heterocycles. The number of benzene rings is 1. The van der Waals surface area contributed by atoms with Crippen LogP contribution in [0.4, 0.5) is 0 Å². The van der Waals surface area contributed by atoms with E-state index >= 15 is 0 Å². The van der Waals surface area contributed by atoms with E-state index in [0.29, 0.717) is 25.8 Å². The van der Waals surface area contributed by atoms with Crippen LogP contribution in [-0.2, 0) is 21.4 Å². The number of thiazole rings is 1. The molecular formula is C24H33N3O3S. The van der Waals surface area contributed by atoms with Crippen LogP contribution in [0.25, 0.3) is 0 Å². The average Bonchev–Trinajstić information content (AvgIpc) is 2.95. The van der Waals surface area contributed by atoms with Crippen molar-refractivity contribution in [2.45, 2.75) is 70.4 Å². The third-order valence-electron chi connectivity index (χ3n) is 6.55. The van der Waals surface area contributed by atoms with Crippen LogP contribution in [0.5, 0.6) is 0 Å². The molecule has 1 saturated carbocycles. The molecule has 31 heavy (non-hydrogen) atoms. The fourth-order valence-electron chi connectivity index (χ4n) is 4.65. The van der Waals surface area contributed by atoms with Crippen molar-refractivity contribution in [2.75, 3.05) is 13.6 Å². The van der Waals surface area contributed by atoms with Gasteiger partial charge in [-0.25, -0.2) is 4.98 Å². The molecule has 2 amide bonds. The lowest BCUT2D eigenvalue weighted by atomic mass is 9.74. The summed E-state index contributed by atoms with van der Waals surface area (Å²) in [5.41, 5.74) is 1.82. The normalized spacial score (nSPS) is 23.8. The Hall–Kier alpha value is -2.25. The summed E-state index contributed by atoms with van der Waals surface area (Å²) in [6.07, 6.45) is 2.52. The molecule has 2 aromatic rings. The van der Waals surface area contributed by atoms with Gasteiger partial charge >= 0.3 is 0 Å². The van der Waals surface area contributed by atoms with E-state index in [2.05, 4.69) is 22.4 Å². The zero-order chi connectivity index (χ0) is 22.6. The van der Waals surface area contributed by atoms with Crippen molar-refractivity contribution in [3.8, 4) is 0 Å². The minimum Gasteiger partial charge on any atom is -0.391 e. The third-order valence-corrected chi connectivity index (χ3v) is 7.62. The van der Waals surface area contributed by atoms with E-state index in [9.17, 15) is 14.7 Å². The highest BCUT2D eigenvalue weighted by atomic mass is 32.1. The smallest absolute Gasteiger partial charge is 0.227 e. The summed E-state index contributed by atoms with van der Waals surface area (Å²) in [5, 5.41) is 14.9. The van der Waals surface area contributed by atoms with Crippen LogP contribution >= 0.6 is 11.3 Å². The first kappa shape index (κ1) is 23.4. The van der Waals surface area contributed by atoms with Gasteiger partial charge in [-0.05, 0) is 45.1 Å². The van der Waals surface area contributed by atoms with Gasteiger partial charge in [0.05, 0.1) is 29.3 Å². The Bertz CT molecular complexity index is 914. The number of aliphatic hydroxyl groups excluding tert-OH is 1. The van der Waals surface area contributed by atoms with Gasteiger partial charge in [-0.15, -0.1) is 11.3 Å². The van der Waals surface area contributed by atoms with Crippen molar-refractivity contribution >= 4 is 23.2 Å². The lowest BCUT2D eigenvalue weighted by Crippen LogP contribution is -2.45. The number of nitrogens with zero attached hydrogens (tertiary/aromatic N) is 2. The first-order valence-electron chi connectivity index (χ1n) is 10.9. The van der Waals surface area contributed by atoms with Crippen LogP contribution in [0.3, 0.4) is 0 Å². The Morgan fingerprint density at radius 2 is 1.90 bits per heavy atom. The number of likely N-dealkylation sites (N-methyl/N-ethyl adjacent to an activating group) is 1. The van der Waals surface area contributed by atoms with E-state index in [1.165, 1.54) is 12.5 Å². The summed E-state index contributed by atoms with van der Waals surface area (Å²) in [5.74, 6) is -0.0518. The Kier molecular flexibility index (Phi) is 7.49. The topological polar surface area (TPSA) is 82.5 Å². The summed E-state index contributed by atoms with van der Waals surface area (Å²) >= 11 is 1.56. The number of aliphatic hydroxyl groups is 1. The van der Waals surface area contributed by atoms with E-state index in [0.717, 1.165) is 28.4 Å². The second-order valence-electron chi connectivity index (χ2n) is 8.69. The zero-order valence-corrected chi connectivity index (χ0v) is 19.7. The minimum absolute atomic E-state index is 0.00451. The molecule has 0 bridgehead atoms. The predicted octanol–water partition coefficient (Wildman–Crippen LogP) is 3.14. The second kappa shape index (κ2) is 9.92. The van der Waals surface area contributed by atoms with Crippen LogP contribution in [0.2, 0.25) is 0 Å². The van der Waals surface area contributed by atoms with Gasteiger partial charge in [0.2, 0.25) is 11.8 Å². The Balaban J connectivity index is 1.77. The number of rotatable bonds is 6. The molecule has 0 spiro atoms. The monoisotopic (exact) mass is 443 g/mol. The first-order valence-corrected chi connectivity index (χ1v) is 11.7. The van der Waals surface area contributed by atoms with Crippen LogP contribution < -0.4 is 5.32 Å². The molecule has 6 nitrogen and oxygen atoms in total. The predicted molar refractivity (Wildman–Crippen MR) is 123 cm³/mol. The highest BCUT2D eigenvalue weighted by Gasteiger charge is 2.40. The number of nitrogens with one attached hydrogen (secondary N) is 1. The molecule has 0 aliphatic heterocycles. The van der Waals surface area contributed by atoms with Crippen LogP contribution in [0.15, 0.2) is 30.3 Å². The fourth-order valence-corrected chi connectivity index (χ4v) is 5.58. The Labute approximate surface area is 188 Å². The number of hydrogen-bond acceptors (Lipinski definition) is 5. The van der Waals surface area contributed by atoms with Crippen molar-refractivity contribution in [1.29, 1.82) is 0 Å². The van der Waals surface area contributed by atoms with Crippen molar-refractivity contribution in [2.24, 2.45) is 0 Å². The van der Waals surface area contributed by atoms with E-state index in [1.807, 2.05) is 32.0 Å². The van der Waals surface area contributed by atoms with Gasteiger partial charge in [0.1, 0.15) is 0 Å². The summed E-state index contributed by atoms with van der Waals surface area (Å²) in [4.78, 5) is 31.8. The Morgan fingerprint density at radius 1 is 1.23 bits per heavy atom. The molecule has 1 aromatic carbocycles. The maximum Gasteiger partial charge on any atom is 0.227 e. The SMILES string of the molecule is CC(=O)NC[C@]1(c2ccccc2)CC[C@@H](O)[C@H](N(C)C(=O)Cc2sc(C)nc2C)CC1. The number of aromatic nitrogens is 1. The molecule has 1 aliphatic carbocycles. The minimum atomic E-state index is -0.596. The van der Waals surface area contributed by atoms with Crippen molar-refractivity contribution < 1.29 is 14.7 Å². The standard InChI is InChI=1S/C24H33N3O3S/c1-16-22(31-18(3)26-16)14-23(30)27(4)20-10-12-24(13-11-21(20)29,15-25-17(2)28)19-8-6-5-7-9-19/h5-9,20-21,29H,10-15H2,1-4H3,(H,25,28)/t20-,21-,24-/m1/s1. The van der Waals surface area contributed by atoms with Gasteiger partial charge in [-0.2, -0.15) is 0 Å². The molecule has 3 rings (SSSR count). The molecule has 3 atom stereocenters. The molecule has 0 unspecified atom stereocenters. The van der Waals surface area contributed by atoms with Crippen LogP contribution in [0.1, 0.15) is 53.7 Å². The fraction of sp³-hybridized carbons (Fsp3) is 0.542. The van der Waals surface area contributed by atoms with Gasteiger partial charge in [0, 0.05) is 30.8 Å². The molecule has 168 valence electrons. The van der Waals surface area contributed by atoms with Crippen molar-refractivity contribution in [1.82, 2.24) is 15.2 Å². The number of amides is 2. The molecule has 0 radical (unpaired) electrons. The Morgan fingerprint density at radius 3 is 2.52 bits per heavy atom. The highest BCUT2D eigenvalue weighted by Crippen LogP contribution is 2.39. The molecular weight excluding hydrogens is 410 g/mol. The molecule has 7 heteroatoms. The van der Waals surface area contributed by atoms with Gasteiger partial charge < -0.3 is 15.3 Å². The molecule has 1 aromatic heterocycles. The first-order chi connectivity index (χ1) is 14.7. The van der Waals surface area contributed by atoms with Gasteiger partial charge in [0.15, 0.2) is 0 Å². The van der Waals surface area contributed by atoms with Gasteiger partial charge in [-0.3, -0.25) is 9.59 Å². The van der Waals surface area contributed by atoms with Crippen molar-refractivity contribution in [3.05, 3.63) is 51.5 Å². The lowest BCUT2D eigenvalue weighted by molar-refractivity contribution is -0.133. The van der Waals surface area contributed by atoms with Gasteiger partial charge in [0.25, 0.3) is 0 Å². The maximum atomic E-state index is 13.0. The van der Waals surface area contributed by atoms with Crippen LogP contribution in [0, 0.1) is 13.8 Å². The largest absolute Gasteiger partial charge is 0.391 e. The number of carbonyl (C=O) groups is 2. The summed E-state index contributed by atoms with van der Waals surface area (Å²) in [6.45, 7) is 5.94. The summed E-state index contributed by atoms with van der Waals surface area (Å²) < 4.78 is 0. The van der Waals surface area contributed by atoms with E-state index in [-0.39, 0.29) is 23.3 Å². The zero-order valence-electron chi connectivity index (χ0n) is 18.9. The van der Waals surface area contributed by atoms with Gasteiger partial charge in [-0.1, -0.05) is 30.3 Å². The highest BCUT2D eigenvalue weighted by molar-refractivity contribution is 7.11. The summed E-state index contributed by atoms with van der Waals surface area (Å²) in [6, 6.07) is 9.96. The maximum absolute atomic E-state index is 13.0. The van der Waals surface area contributed by atoms with Crippen LogP contribution in [-0.4, -0.2) is 52.5 Å². The second-order valence-corrected chi connectivity index (χ2v) is 9.98. The molecule has 1 fully saturated rings. The molecule has 1 aliphatic rings. The molecule has 2 N–H and O–H groups in total. The quantitative estimate of drug-likeness (QED) is 0.672. The van der Waals surface area contributed by atoms with E-state index < -0.39 is 6.10 Å². The summed E-state index contributed by atoms with van der Waals surface area (Å²) in [7, 11) is 1.79. The van der Waals surface area contributed by atoms with Crippen molar-refractivity contribution in [3.63, 3.8) is 0 Å². The van der Waals surface area contributed by atoms with E-state index in [1.54, 1.807) is 23.3 Å². The number of carbonyl (C=O) groups excluding carboxylic acids is 2. The van der Waals surface area contributed by atoms with E-state index in [4.69, 9.17) is 0 Å². The molecule has 0 saturated heterocycles. The number of hydrogen-bond donors (Lipinski definition) is 2. The number of aryl methyl sites for hydroxylation is 2.